The molecule has 0 saturated carbocycles. The Morgan fingerprint density at radius 3 is 2.41 bits per heavy atom. The van der Waals surface area contributed by atoms with Crippen molar-refractivity contribution in [3.63, 3.8) is 0 Å². The Labute approximate surface area is 158 Å². The summed E-state index contributed by atoms with van der Waals surface area (Å²) in [4.78, 5) is 12.3. The third-order valence-corrected chi connectivity index (χ3v) is 4.19. The molecule has 136 valence electrons. The fraction of sp³-hybridized carbons (Fsp3) is 0.190. The number of nitrogens with one attached hydrogen (secondary N) is 1. The first-order valence-corrected chi connectivity index (χ1v) is 8.54. The van der Waals surface area contributed by atoms with E-state index in [1.165, 1.54) is 5.56 Å². The maximum atomic E-state index is 12.3. The molecule has 0 unspecified atom stereocenters. The highest BCUT2D eigenvalue weighted by Gasteiger charge is 2.15. The molecule has 1 amide bonds. The molecule has 6 heteroatoms. The van der Waals surface area contributed by atoms with Gasteiger partial charge in [0, 0.05) is 0 Å². The molecule has 1 N–H and O–H groups in total. The van der Waals surface area contributed by atoms with E-state index in [-0.39, 0.29) is 12.5 Å². The van der Waals surface area contributed by atoms with Gasteiger partial charge in [0.15, 0.2) is 6.61 Å². The summed E-state index contributed by atoms with van der Waals surface area (Å²) in [5.41, 5.74) is 4.93. The van der Waals surface area contributed by atoms with Crippen LogP contribution in [0, 0.1) is 32.1 Å². The van der Waals surface area contributed by atoms with Crippen molar-refractivity contribution in [1.29, 1.82) is 5.26 Å². The van der Waals surface area contributed by atoms with E-state index in [0.717, 1.165) is 17.1 Å². The van der Waals surface area contributed by atoms with E-state index in [4.69, 9.17) is 10.00 Å². The lowest BCUT2D eigenvalue weighted by molar-refractivity contribution is -0.118. The third-order valence-electron chi connectivity index (χ3n) is 4.19. The molecule has 1 aromatic heterocycles. The first-order valence-electron chi connectivity index (χ1n) is 8.54. The van der Waals surface area contributed by atoms with Crippen LogP contribution < -0.4 is 10.1 Å². The zero-order valence-corrected chi connectivity index (χ0v) is 15.5. The molecule has 0 aliphatic carbocycles. The number of carbonyl (C=O) groups is 1. The van der Waals surface area contributed by atoms with Crippen molar-refractivity contribution in [2.45, 2.75) is 20.8 Å². The van der Waals surface area contributed by atoms with Crippen molar-refractivity contribution in [3.8, 4) is 17.5 Å². The molecule has 0 aliphatic rings. The second-order valence-corrected chi connectivity index (χ2v) is 6.27. The van der Waals surface area contributed by atoms with E-state index in [9.17, 15) is 4.79 Å². The number of anilines is 1. The second-order valence-electron chi connectivity index (χ2n) is 6.27. The van der Waals surface area contributed by atoms with Crippen LogP contribution in [0.2, 0.25) is 0 Å². The lowest BCUT2D eigenvalue weighted by Gasteiger charge is -2.09. The molecule has 2 aromatic carbocycles. The summed E-state index contributed by atoms with van der Waals surface area (Å²) in [5, 5.41) is 16.2. The maximum Gasteiger partial charge on any atom is 0.262 e. The Balaban J connectivity index is 1.68. The normalized spacial score (nSPS) is 10.3. The van der Waals surface area contributed by atoms with Crippen LogP contribution in [0.4, 0.5) is 5.69 Å². The number of benzene rings is 2. The zero-order chi connectivity index (χ0) is 19.4. The quantitative estimate of drug-likeness (QED) is 0.752. The summed E-state index contributed by atoms with van der Waals surface area (Å²) in [6.45, 7) is 5.68. The van der Waals surface area contributed by atoms with Crippen LogP contribution in [0.5, 0.6) is 5.75 Å². The van der Waals surface area contributed by atoms with Crippen LogP contribution in [0.25, 0.3) is 5.69 Å². The number of aromatic nitrogens is 2. The number of amides is 1. The largest absolute Gasteiger partial charge is 0.484 e. The molecule has 6 nitrogen and oxygen atoms in total. The molecule has 27 heavy (non-hydrogen) atoms. The molecular formula is C21H20N4O2. The van der Waals surface area contributed by atoms with Crippen LogP contribution in [0.1, 0.15) is 22.5 Å². The molecule has 1 heterocycles. The van der Waals surface area contributed by atoms with E-state index in [1.807, 2.05) is 55.8 Å². The number of nitrogens with zero attached hydrogens (tertiary/aromatic N) is 3. The first kappa shape index (κ1) is 18.2. The van der Waals surface area contributed by atoms with Crippen LogP contribution in [-0.2, 0) is 4.79 Å². The Hall–Kier alpha value is -3.59. The standard InChI is InChI=1S/C21H20N4O2/c1-14-4-8-18(9-5-14)25-16(3)21(15(2)24-25)23-20(26)13-27-19-10-6-17(12-22)7-11-19/h4-11H,13H2,1-3H3,(H,23,26). The monoisotopic (exact) mass is 360 g/mol. The van der Waals surface area contributed by atoms with Gasteiger partial charge in [0.1, 0.15) is 5.75 Å². The van der Waals surface area contributed by atoms with Gasteiger partial charge in [-0.15, -0.1) is 0 Å². The van der Waals surface area contributed by atoms with E-state index < -0.39 is 0 Å². The number of hydrogen-bond donors (Lipinski definition) is 1. The van der Waals surface area contributed by atoms with Crippen LogP contribution in [0.15, 0.2) is 48.5 Å². The van der Waals surface area contributed by atoms with Crippen molar-refractivity contribution in [2.75, 3.05) is 11.9 Å². The fourth-order valence-corrected chi connectivity index (χ4v) is 2.71. The summed E-state index contributed by atoms with van der Waals surface area (Å²) >= 11 is 0. The first-order chi connectivity index (χ1) is 13.0. The SMILES string of the molecule is Cc1ccc(-n2nc(C)c(NC(=O)COc3ccc(C#N)cc3)c2C)cc1. The van der Waals surface area contributed by atoms with E-state index in [2.05, 4.69) is 10.4 Å². The van der Waals surface area contributed by atoms with Gasteiger partial charge in [-0.3, -0.25) is 4.79 Å². The number of ether oxygens (including phenoxy) is 1. The topological polar surface area (TPSA) is 79.9 Å². The van der Waals surface area contributed by atoms with Gasteiger partial charge in [-0.25, -0.2) is 4.68 Å². The predicted molar refractivity (Wildman–Crippen MR) is 103 cm³/mol. The summed E-state index contributed by atoms with van der Waals surface area (Å²) in [7, 11) is 0. The van der Waals surface area contributed by atoms with E-state index >= 15 is 0 Å². The van der Waals surface area contributed by atoms with Gasteiger partial charge < -0.3 is 10.1 Å². The minimum absolute atomic E-state index is 0.125. The Morgan fingerprint density at radius 1 is 1.11 bits per heavy atom. The zero-order valence-electron chi connectivity index (χ0n) is 15.5. The number of nitriles is 1. The highest BCUT2D eigenvalue weighted by Crippen LogP contribution is 2.23. The average molecular weight is 360 g/mol. The summed E-state index contributed by atoms with van der Waals surface area (Å²) in [6, 6.07) is 16.7. The summed E-state index contributed by atoms with van der Waals surface area (Å²) in [6.07, 6.45) is 0. The third kappa shape index (κ3) is 4.15. The van der Waals surface area contributed by atoms with E-state index in [1.54, 1.807) is 24.3 Å². The van der Waals surface area contributed by atoms with Crippen molar-refractivity contribution in [2.24, 2.45) is 0 Å². The highest BCUT2D eigenvalue weighted by atomic mass is 16.5. The van der Waals surface area contributed by atoms with Crippen LogP contribution in [0.3, 0.4) is 0 Å². The Kier molecular flexibility index (Phi) is 5.23. The molecule has 0 spiro atoms. The van der Waals surface area contributed by atoms with Gasteiger partial charge in [-0.2, -0.15) is 10.4 Å². The highest BCUT2D eigenvalue weighted by molar-refractivity contribution is 5.93. The number of rotatable bonds is 5. The minimum Gasteiger partial charge on any atom is -0.484 e. The summed E-state index contributed by atoms with van der Waals surface area (Å²) < 4.78 is 7.29. The predicted octanol–water partition coefficient (Wildman–Crippen LogP) is 3.69. The second kappa shape index (κ2) is 7.75. The van der Waals surface area contributed by atoms with Crippen LogP contribution in [-0.4, -0.2) is 22.3 Å². The molecule has 3 rings (SSSR count). The van der Waals surface area contributed by atoms with Crippen molar-refractivity contribution < 1.29 is 9.53 Å². The van der Waals surface area contributed by atoms with Gasteiger partial charge in [-0.1, -0.05) is 17.7 Å². The molecule has 0 atom stereocenters. The molecule has 0 radical (unpaired) electrons. The number of aryl methyl sites for hydroxylation is 2. The molecule has 3 aromatic rings. The lowest BCUT2D eigenvalue weighted by Crippen LogP contribution is -2.20. The van der Waals surface area contributed by atoms with Gasteiger partial charge >= 0.3 is 0 Å². The van der Waals surface area contributed by atoms with Gasteiger partial charge in [0.25, 0.3) is 5.91 Å². The fourth-order valence-electron chi connectivity index (χ4n) is 2.71. The Bertz CT molecular complexity index is 996. The maximum absolute atomic E-state index is 12.3. The Morgan fingerprint density at radius 2 is 1.78 bits per heavy atom. The van der Waals surface area contributed by atoms with Crippen molar-refractivity contribution in [3.05, 3.63) is 71.0 Å². The average Bonchev–Trinajstić information content (AvgIpc) is 2.95. The molecule has 0 fully saturated rings. The van der Waals surface area contributed by atoms with Gasteiger partial charge in [0.05, 0.1) is 34.4 Å². The molecule has 0 saturated heterocycles. The number of hydrogen-bond acceptors (Lipinski definition) is 4. The smallest absolute Gasteiger partial charge is 0.262 e. The van der Waals surface area contributed by atoms with Gasteiger partial charge in [0.2, 0.25) is 0 Å². The van der Waals surface area contributed by atoms with Gasteiger partial charge in [-0.05, 0) is 57.2 Å². The van der Waals surface area contributed by atoms with Crippen LogP contribution >= 0.6 is 0 Å². The summed E-state index contributed by atoms with van der Waals surface area (Å²) in [5.74, 6) is 0.266. The van der Waals surface area contributed by atoms with Crippen molar-refractivity contribution in [1.82, 2.24) is 9.78 Å². The molecule has 0 bridgehead atoms. The lowest BCUT2D eigenvalue weighted by atomic mass is 10.2. The van der Waals surface area contributed by atoms with Crippen molar-refractivity contribution >= 4 is 11.6 Å². The number of carbonyl (C=O) groups excluding carboxylic acids is 1. The van der Waals surface area contributed by atoms with E-state index in [0.29, 0.717) is 17.0 Å². The molecular weight excluding hydrogens is 340 g/mol. The minimum atomic E-state index is -0.269. The molecule has 0 aliphatic heterocycles.